The highest BCUT2D eigenvalue weighted by Gasteiger charge is 2.50. The van der Waals surface area contributed by atoms with Crippen molar-refractivity contribution < 1.29 is 0 Å². The summed E-state index contributed by atoms with van der Waals surface area (Å²) in [7, 11) is 0. The first-order chi connectivity index (χ1) is 8.19. The predicted molar refractivity (Wildman–Crippen MR) is 63.6 cm³/mol. The van der Waals surface area contributed by atoms with Gasteiger partial charge in [0.05, 0.1) is 0 Å². The molecular formula is C12H19N5. The van der Waals surface area contributed by atoms with Crippen molar-refractivity contribution in [2.24, 2.45) is 17.8 Å². The molecule has 5 heteroatoms. The second kappa shape index (κ2) is 3.88. The van der Waals surface area contributed by atoms with E-state index in [1.807, 2.05) is 0 Å². The Morgan fingerprint density at radius 2 is 1.65 bits per heavy atom. The minimum absolute atomic E-state index is 0.0447. The maximum Gasteiger partial charge on any atom is 0.216 e. The summed E-state index contributed by atoms with van der Waals surface area (Å²) in [5.41, 5.74) is 6.34. The Morgan fingerprint density at radius 1 is 1.12 bits per heavy atom. The summed E-state index contributed by atoms with van der Waals surface area (Å²) in [6.45, 7) is 0. The highest BCUT2D eigenvalue weighted by molar-refractivity contribution is 5.77. The molecule has 4 bridgehead atoms. The molecule has 4 aliphatic carbocycles. The van der Waals surface area contributed by atoms with Crippen molar-refractivity contribution in [2.75, 3.05) is 0 Å². The number of hydrazine groups is 1. The van der Waals surface area contributed by atoms with E-state index in [1.165, 1.54) is 38.5 Å². The molecule has 0 heterocycles. The maximum absolute atomic E-state index is 8.43. The van der Waals surface area contributed by atoms with Crippen LogP contribution in [0.1, 0.15) is 38.5 Å². The lowest BCUT2D eigenvalue weighted by molar-refractivity contribution is -0.0234. The zero-order valence-electron chi connectivity index (χ0n) is 9.92. The van der Waals surface area contributed by atoms with Crippen LogP contribution in [0.5, 0.6) is 0 Å². The number of guanidine groups is 1. The first-order valence-electron chi connectivity index (χ1n) is 6.46. The van der Waals surface area contributed by atoms with Crippen LogP contribution in [0.4, 0.5) is 0 Å². The van der Waals surface area contributed by atoms with Crippen molar-refractivity contribution in [3.63, 3.8) is 0 Å². The summed E-state index contributed by atoms with van der Waals surface area (Å²) in [6.07, 6.45) is 9.67. The van der Waals surface area contributed by atoms with Crippen LogP contribution in [0, 0.1) is 34.6 Å². The molecule has 0 aliphatic heterocycles. The molecule has 4 saturated carbocycles. The maximum atomic E-state index is 8.43. The van der Waals surface area contributed by atoms with Gasteiger partial charge in [-0.25, -0.2) is 5.43 Å². The van der Waals surface area contributed by atoms with Gasteiger partial charge < -0.3 is 0 Å². The number of nitriles is 1. The largest absolute Gasteiger partial charge is 0.291 e. The Morgan fingerprint density at radius 3 is 2.12 bits per heavy atom. The average molecular weight is 233 g/mol. The van der Waals surface area contributed by atoms with Crippen LogP contribution >= 0.6 is 0 Å². The first kappa shape index (κ1) is 10.8. The van der Waals surface area contributed by atoms with Crippen molar-refractivity contribution in [3.8, 4) is 6.19 Å². The summed E-state index contributed by atoms with van der Waals surface area (Å²) >= 11 is 0. The molecule has 0 saturated heterocycles. The SMILES string of the molecule is N#CNC(=N)NNC12CC3CC(CC(C3)C1)C2. The number of nitrogens with zero attached hydrogens (tertiary/aromatic N) is 1. The minimum atomic E-state index is 0.0447. The number of hydrogen-bond donors (Lipinski definition) is 4. The molecular weight excluding hydrogens is 214 g/mol. The van der Waals surface area contributed by atoms with E-state index in [2.05, 4.69) is 16.2 Å². The molecule has 0 aromatic rings. The molecule has 4 N–H and O–H groups in total. The third kappa shape index (κ3) is 1.98. The second-order valence-corrected chi connectivity index (χ2v) is 6.06. The molecule has 5 nitrogen and oxygen atoms in total. The van der Waals surface area contributed by atoms with Crippen LogP contribution in [-0.4, -0.2) is 11.5 Å². The molecule has 0 unspecified atom stereocenters. The Balaban J connectivity index is 1.63. The van der Waals surface area contributed by atoms with Crippen LogP contribution in [0.15, 0.2) is 0 Å². The third-order valence-electron chi connectivity index (χ3n) is 4.67. The van der Waals surface area contributed by atoms with Gasteiger partial charge in [0.25, 0.3) is 0 Å². The lowest BCUT2D eigenvalue weighted by Gasteiger charge is -2.56. The second-order valence-electron chi connectivity index (χ2n) is 6.06. The Kier molecular flexibility index (Phi) is 2.48. The van der Waals surface area contributed by atoms with E-state index in [0.29, 0.717) is 0 Å². The molecule has 4 aliphatic rings. The van der Waals surface area contributed by atoms with E-state index < -0.39 is 0 Å². The van der Waals surface area contributed by atoms with Gasteiger partial charge in [0.1, 0.15) is 0 Å². The van der Waals surface area contributed by atoms with Crippen LogP contribution < -0.4 is 16.2 Å². The molecule has 0 spiro atoms. The van der Waals surface area contributed by atoms with Crippen molar-refractivity contribution in [1.82, 2.24) is 16.2 Å². The van der Waals surface area contributed by atoms with Crippen LogP contribution in [-0.2, 0) is 0 Å². The lowest BCUT2D eigenvalue weighted by atomic mass is 9.53. The first-order valence-corrected chi connectivity index (χ1v) is 6.46. The normalized spacial score (nSPS) is 41.9. The van der Waals surface area contributed by atoms with Gasteiger partial charge in [0, 0.05) is 5.54 Å². The third-order valence-corrected chi connectivity index (χ3v) is 4.67. The van der Waals surface area contributed by atoms with Gasteiger partial charge in [-0.2, -0.15) is 5.26 Å². The topological polar surface area (TPSA) is 83.7 Å². The van der Waals surface area contributed by atoms with Crippen molar-refractivity contribution in [3.05, 3.63) is 0 Å². The monoisotopic (exact) mass is 233 g/mol. The molecule has 0 radical (unpaired) electrons. The van der Waals surface area contributed by atoms with E-state index >= 15 is 0 Å². The van der Waals surface area contributed by atoms with Gasteiger partial charge in [0.2, 0.25) is 5.96 Å². The fraction of sp³-hybridized carbons (Fsp3) is 0.833. The molecule has 0 amide bonds. The van der Waals surface area contributed by atoms with Crippen molar-refractivity contribution in [2.45, 2.75) is 44.1 Å². The molecule has 0 aromatic heterocycles. The minimum Gasteiger partial charge on any atom is -0.291 e. The van der Waals surface area contributed by atoms with E-state index in [1.54, 1.807) is 6.19 Å². The number of rotatable bonds is 2. The number of nitrogens with one attached hydrogen (secondary N) is 4. The van der Waals surface area contributed by atoms with Gasteiger partial charge in [-0.15, -0.1) is 0 Å². The fourth-order valence-corrected chi connectivity index (χ4v) is 4.55. The zero-order chi connectivity index (χ0) is 11.9. The smallest absolute Gasteiger partial charge is 0.216 e. The highest BCUT2D eigenvalue weighted by atomic mass is 15.4. The van der Waals surface area contributed by atoms with Gasteiger partial charge in [-0.3, -0.25) is 16.2 Å². The predicted octanol–water partition coefficient (Wildman–Crippen LogP) is 1.05. The zero-order valence-corrected chi connectivity index (χ0v) is 9.92. The quantitative estimate of drug-likeness (QED) is 0.189. The van der Waals surface area contributed by atoms with Crippen molar-refractivity contribution >= 4 is 5.96 Å². The summed E-state index contributed by atoms with van der Waals surface area (Å²) in [6, 6.07) is 0. The molecule has 4 fully saturated rings. The van der Waals surface area contributed by atoms with Crippen LogP contribution in [0.25, 0.3) is 0 Å². The van der Waals surface area contributed by atoms with Gasteiger partial charge in [0.15, 0.2) is 6.19 Å². The summed E-state index contributed by atoms with van der Waals surface area (Å²) < 4.78 is 0. The number of hydrogen-bond acceptors (Lipinski definition) is 3. The van der Waals surface area contributed by atoms with Gasteiger partial charge >= 0.3 is 0 Å². The van der Waals surface area contributed by atoms with E-state index in [-0.39, 0.29) is 11.5 Å². The van der Waals surface area contributed by atoms with Crippen LogP contribution in [0.3, 0.4) is 0 Å². The summed E-state index contributed by atoms with van der Waals surface area (Å²) in [5, 5.41) is 18.2. The fourth-order valence-electron chi connectivity index (χ4n) is 4.55. The Hall–Kier alpha value is -1.28. The van der Waals surface area contributed by atoms with Gasteiger partial charge in [-0.1, -0.05) is 0 Å². The van der Waals surface area contributed by atoms with E-state index in [9.17, 15) is 0 Å². The Labute approximate surface area is 101 Å². The Bertz CT molecular complexity index is 334. The standard InChI is InChI=1S/C12H19N5/c13-7-15-11(14)16-17-12-4-8-1-9(5-12)3-10(2-8)6-12/h8-10,17H,1-6H2,(H3,14,15,16). The van der Waals surface area contributed by atoms with Gasteiger partial charge in [-0.05, 0) is 56.3 Å². The summed E-state index contributed by atoms with van der Waals surface area (Å²) in [5.74, 6) is 2.69. The van der Waals surface area contributed by atoms with Crippen molar-refractivity contribution in [1.29, 1.82) is 10.7 Å². The summed E-state index contributed by atoms with van der Waals surface area (Å²) in [4.78, 5) is 0. The molecule has 0 atom stereocenters. The molecule has 92 valence electrons. The molecule has 4 rings (SSSR count). The highest BCUT2D eigenvalue weighted by Crippen LogP contribution is 2.55. The molecule has 17 heavy (non-hydrogen) atoms. The lowest BCUT2D eigenvalue weighted by Crippen LogP contribution is -2.63. The van der Waals surface area contributed by atoms with Crippen LogP contribution in [0.2, 0.25) is 0 Å². The van der Waals surface area contributed by atoms with E-state index in [0.717, 1.165) is 17.8 Å². The molecule has 0 aromatic carbocycles. The van der Waals surface area contributed by atoms with E-state index in [4.69, 9.17) is 10.7 Å². The average Bonchev–Trinajstić information content (AvgIpc) is 2.25.